The van der Waals surface area contributed by atoms with Gasteiger partial charge < -0.3 is 19.3 Å². The molecule has 4 amide bonds. The summed E-state index contributed by atoms with van der Waals surface area (Å²) in [5.74, 6) is -2.35. The van der Waals surface area contributed by atoms with Gasteiger partial charge in [-0.2, -0.15) is 0 Å². The lowest BCUT2D eigenvalue weighted by Crippen LogP contribution is -2.51. The minimum absolute atomic E-state index is 0.00692. The number of nitrogens with zero attached hydrogens (tertiary/aromatic N) is 3. The lowest BCUT2D eigenvalue weighted by Gasteiger charge is -2.37. The number of piperidine rings is 1. The van der Waals surface area contributed by atoms with Crippen LogP contribution in [0.2, 0.25) is 0 Å². The van der Waals surface area contributed by atoms with Gasteiger partial charge in [0.15, 0.2) is 0 Å². The van der Waals surface area contributed by atoms with Crippen molar-refractivity contribution in [3.63, 3.8) is 0 Å². The summed E-state index contributed by atoms with van der Waals surface area (Å²) < 4.78 is 25.3. The molecule has 1 aromatic rings. The molecule has 0 aliphatic carbocycles. The Bertz CT molecular complexity index is 982. The van der Waals surface area contributed by atoms with Gasteiger partial charge in [-0.05, 0) is 18.9 Å². The maximum atomic E-state index is 14.9. The second kappa shape index (κ2) is 10.8. The monoisotopic (exact) mass is 489 g/mol. The first-order valence-electron chi connectivity index (χ1n) is 12.1. The van der Waals surface area contributed by atoms with Gasteiger partial charge in [0.1, 0.15) is 5.82 Å². The second-order valence-electron chi connectivity index (χ2n) is 9.38. The van der Waals surface area contributed by atoms with Gasteiger partial charge in [-0.25, -0.2) is 4.39 Å². The van der Waals surface area contributed by atoms with Crippen molar-refractivity contribution in [1.29, 1.82) is 0 Å². The molecule has 3 aliphatic rings. The normalized spacial score (nSPS) is 25.3. The van der Waals surface area contributed by atoms with Gasteiger partial charge in [0.2, 0.25) is 23.6 Å². The van der Waals surface area contributed by atoms with Gasteiger partial charge >= 0.3 is 0 Å². The molecule has 10 heteroatoms. The van der Waals surface area contributed by atoms with Crippen molar-refractivity contribution >= 4 is 23.6 Å². The largest absolute Gasteiger partial charge is 0.383 e. The number of rotatable bonds is 7. The summed E-state index contributed by atoms with van der Waals surface area (Å²) in [5, 5.41) is 0. The number of halogens is 1. The molecule has 3 fully saturated rings. The first kappa shape index (κ1) is 25.2. The molecular formula is C25H32FN3O6. The zero-order valence-corrected chi connectivity index (χ0v) is 20.0. The molecule has 190 valence electrons. The number of ether oxygens (including phenoxy) is 2. The molecule has 3 saturated heterocycles. The van der Waals surface area contributed by atoms with E-state index in [0.717, 1.165) is 4.90 Å². The van der Waals surface area contributed by atoms with E-state index in [1.54, 1.807) is 15.9 Å². The summed E-state index contributed by atoms with van der Waals surface area (Å²) in [6, 6.07) is 5.80. The van der Waals surface area contributed by atoms with Crippen LogP contribution in [0.3, 0.4) is 0 Å². The fraction of sp³-hybridized carbons (Fsp3) is 0.600. The number of imide groups is 1. The van der Waals surface area contributed by atoms with E-state index in [2.05, 4.69) is 0 Å². The third-order valence-corrected chi connectivity index (χ3v) is 7.22. The van der Waals surface area contributed by atoms with Gasteiger partial charge in [-0.15, -0.1) is 0 Å². The molecule has 2 atom stereocenters. The van der Waals surface area contributed by atoms with E-state index in [1.165, 1.54) is 25.3 Å². The van der Waals surface area contributed by atoms with Crippen LogP contribution in [0.15, 0.2) is 24.3 Å². The molecule has 2 unspecified atom stereocenters. The van der Waals surface area contributed by atoms with Crippen LogP contribution in [0.4, 0.5) is 4.39 Å². The zero-order chi connectivity index (χ0) is 25.0. The number of hydrogen-bond acceptors (Lipinski definition) is 6. The smallest absolute Gasteiger partial charge is 0.241 e. The summed E-state index contributed by atoms with van der Waals surface area (Å²) in [5.41, 5.74) is -1.57. The van der Waals surface area contributed by atoms with Crippen molar-refractivity contribution in [1.82, 2.24) is 14.7 Å². The topological polar surface area (TPSA) is 96.5 Å². The van der Waals surface area contributed by atoms with Crippen LogP contribution in [0.5, 0.6) is 0 Å². The number of likely N-dealkylation sites (tertiary alicyclic amines) is 2. The van der Waals surface area contributed by atoms with E-state index in [9.17, 15) is 23.6 Å². The third kappa shape index (κ3) is 5.08. The molecule has 9 nitrogen and oxygen atoms in total. The first-order chi connectivity index (χ1) is 16.9. The van der Waals surface area contributed by atoms with Crippen molar-refractivity contribution in [3.05, 3.63) is 35.6 Å². The molecule has 0 saturated carbocycles. The fourth-order valence-corrected chi connectivity index (χ4v) is 5.32. The highest BCUT2D eigenvalue weighted by atomic mass is 19.1. The Hall–Kier alpha value is -2.85. The molecule has 0 N–H and O–H groups in total. The number of amides is 4. The highest BCUT2D eigenvalue weighted by molar-refractivity contribution is 6.10. The Balaban J connectivity index is 1.55. The van der Waals surface area contributed by atoms with Crippen LogP contribution in [0.1, 0.15) is 31.2 Å². The van der Waals surface area contributed by atoms with Crippen molar-refractivity contribution in [2.24, 2.45) is 5.92 Å². The van der Waals surface area contributed by atoms with Crippen LogP contribution < -0.4 is 0 Å². The minimum Gasteiger partial charge on any atom is -0.383 e. The number of methoxy groups -OCH3 is 1. The standard InChI is InChI=1S/C25H32FN3O6/c1-34-12-11-29-22(31)16-25(24(29)33,19-6-2-3-7-20(19)26)15-21(30)28-8-4-5-18(17-28)23(32)27-9-13-35-14-10-27/h2-3,6-7,18H,4-5,8-17H2,1H3. The summed E-state index contributed by atoms with van der Waals surface area (Å²) in [4.78, 5) is 57.3. The number of morpholine rings is 1. The minimum atomic E-state index is -1.62. The van der Waals surface area contributed by atoms with E-state index in [-0.39, 0.29) is 55.8 Å². The van der Waals surface area contributed by atoms with Crippen molar-refractivity contribution in [3.8, 4) is 0 Å². The van der Waals surface area contributed by atoms with Crippen LogP contribution >= 0.6 is 0 Å². The van der Waals surface area contributed by atoms with Gasteiger partial charge in [-0.3, -0.25) is 24.1 Å². The lowest BCUT2D eigenvalue weighted by molar-refractivity contribution is -0.147. The molecule has 3 aliphatic heterocycles. The highest BCUT2D eigenvalue weighted by Crippen LogP contribution is 2.41. The Labute approximate surface area is 204 Å². The molecule has 0 bridgehead atoms. The first-order valence-corrected chi connectivity index (χ1v) is 12.1. The molecule has 0 aromatic heterocycles. The van der Waals surface area contributed by atoms with Gasteiger partial charge in [-0.1, -0.05) is 18.2 Å². The maximum absolute atomic E-state index is 14.9. The van der Waals surface area contributed by atoms with Crippen LogP contribution in [-0.2, 0) is 34.1 Å². The molecule has 4 rings (SSSR count). The molecular weight excluding hydrogens is 457 g/mol. The Morgan fingerprint density at radius 3 is 2.60 bits per heavy atom. The fourth-order valence-electron chi connectivity index (χ4n) is 5.32. The molecule has 0 radical (unpaired) electrons. The molecule has 1 aromatic carbocycles. The second-order valence-corrected chi connectivity index (χ2v) is 9.38. The summed E-state index contributed by atoms with van der Waals surface area (Å²) in [6.07, 6.45) is 0.722. The van der Waals surface area contributed by atoms with Gasteiger partial charge in [0.25, 0.3) is 0 Å². The Kier molecular flexibility index (Phi) is 7.81. The van der Waals surface area contributed by atoms with Crippen molar-refractivity contribution in [2.45, 2.75) is 31.1 Å². The number of benzene rings is 1. The van der Waals surface area contributed by atoms with Gasteiger partial charge in [0.05, 0.1) is 37.7 Å². The quantitative estimate of drug-likeness (QED) is 0.530. The number of hydrogen-bond donors (Lipinski definition) is 0. The Morgan fingerprint density at radius 1 is 1.14 bits per heavy atom. The zero-order valence-electron chi connectivity index (χ0n) is 20.0. The van der Waals surface area contributed by atoms with Crippen LogP contribution in [0, 0.1) is 11.7 Å². The van der Waals surface area contributed by atoms with E-state index in [1.807, 2.05) is 0 Å². The average molecular weight is 490 g/mol. The van der Waals surface area contributed by atoms with E-state index in [4.69, 9.17) is 9.47 Å². The summed E-state index contributed by atoms with van der Waals surface area (Å²) in [7, 11) is 1.46. The Morgan fingerprint density at radius 2 is 1.89 bits per heavy atom. The van der Waals surface area contributed by atoms with E-state index >= 15 is 0 Å². The number of carbonyl (C=O) groups excluding carboxylic acids is 4. The van der Waals surface area contributed by atoms with E-state index in [0.29, 0.717) is 45.7 Å². The van der Waals surface area contributed by atoms with Crippen molar-refractivity contribution < 1.29 is 33.0 Å². The SMILES string of the molecule is COCCN1C(=O)CC(CC(=O)N2CCCC(C(=O)N3CCOCC3)C2)(c2ccccc2F)C1=O. The van der Waals surface area contributed by atoms with Gasteiger partial charge in [0, 0.05) is 51.7 Å². The molecule has 35 heavy (non-hydrogen) atoms. The molecule has 0 spiro atoms. The average Bonchev–Trinajstić information content (AvgIpc) is 3.12. The predicted octanol–water partition coefficient (Wildman–Crippen LogP) is 0.956. The maximum Gasteiger partial charge on any atom is 0.241 e. The highest BCUT2D eigenvalue weighted by Gasteiger charge is 2.55. The summed E-state index contributed by atoms with van der Waals surface area (Å²) in [6.45, 7) is 2.96. The van der Waals surface area contributed by atoms with E-state index < -0.39 is 23.0 Å². The van der Waals surface area contributed by atoms with Crippen LogP contribution in [-0.4, -0.2) is 98.0 Å². The van der Waals surface area contributed by atoms with Crippen LogP contribution in [0.25, 0.3) is 0 Å². The number of carbonyl (C=O) groups is 4. The predicted molar refractivity (Wildman–Crippen MR) is 123 cm³/mol. The lowest BCUT2D eigenvalue weighted by atomic mass is 9.75. The third-order valence-electron chi connectivity index (χ3n) is 7.22. The van der Waals surface area contributed by atoms with Crippen molar-refractivity contribution in [2.75, 3.05) is 59.7 Å². The summed E-state index contributed by atoms with van der Waals surface area (Å²) >= 11 is 0. The molecule has 3 heterocycles.